The van der Waals surface area contributed by atoms with E-state index in [2.05, 4.69) is 10.4 Å². The molecule has 1 unspecified atom stereocenters. The molecule has 1 aromatic carbocycles. The molecule has 1 heterocycles. The monoisotopic (exact) mass is 281 g/mol. The molecule has 2 aromatic rings. The first kappa shape index (κ1) is 14.9. The standard InChI is InChI=1S/C15H21F2N3/c1-3-9-18-13(15(16)17)10-12-11-7-5-6-8-14(11)20(4-2)19-12/h5-8,13,15,18H,3-4,9-10H2,1-2H3. The van der Waals surface area contributed by atoms with Gasteiger partial charge in [-0.3, -0.25) is 4.68 Å². The molecule has 5 heteroatoms. The summed E-state index contributed by atoms with van der Waals surface area (Å²) in [6, 6.07) is 6.96. The van der Waals surface area contributed by atoms with Crippen molar-refractivity contribution in [2.75, 3.05) is 6.54 Å². The molecule has 3 nitrogen and oxygen atoms in total. The highest BCUT2D eigenvalue weighted by molar-refractivity contribution is 5.82. The maximum Gasteiger partial charge on any atom is 0.254 e. The van der Waals surface area contributed by atoms with Gasteiger partial charge in [0.2, 0.25) is 0 Å². The van der Waals surface area contributed by atoms with Crippen LogP contribution in [-0.2, 0) is 13.0 Å². The lowest BCUT2D eigenvalue weighted by Crippen LogP contribution is -2.38. The van der Waals surface area contributed by atoms with Crippen LogP contribution in [0.2, 0.25) is 0 Å². The maximum atomic E-state index is 13.1. The number of hydrogen-bond donors (Lipinski definition) is 1. The number of nitrogens with zero attached hydrogens (tertiary/aromatic N) is 2. The lowest BCUT2D eigenvalue weighted by Gasteiger charge is -2.16. The largest absolute Gasteiger partial charge is 0.309 e. The third-order valence-electron chi connectivity index (χ3n) is 3.41. The highest BCUT2D eigenvalue weighted by Crippen LogP contribution is 2.21. The second-order valence-corrected chi connectivity index (χ2v) is 4.88. The molecule has 1 aromatic heterocycles. The van der Waals surface area contributed by atoms with Crippen LogP contribution in [0.4, 0.5) is 8.78 Å². The Morgan fingerprint density at radius 3 is 2.65 bits per heavy atom. The van der Waals surface area contributed by atoms with E-state index in [9.17, 15) is 8.78 Å². The molecule has 0 bridgehead atoms. The number of halogens is 2. The van der Waals surface area contributed by atoms with Crippen LogP contribution >= 0.6 is 0 Å². The topological polar surface area (TPSA) is 29.9 Å². The maximum absolute atomic E-state index is 13.1. The van der Waals surface area contributed by atoms with Crippen molar-refractivity contribution in [2.45, 2.75) is 45.7 Å². The van der Waals surface area contributed by atoms with Crippen molar-refractivity contribution in [2.24, 2.45) is 0 Å². The summed E-state index contributed by atoms with van der Waals surface area (Å²) in [4.78, 5) is 0. The molecule has 0 amide bonds. The number of benzene rings is 1. The number of nitrogens with one attached hydrogen (secondary N) is 1. The Morgan fingerprint density at radius 1 is 1.25 bits per heavy atom. The molecule has 1 N–H and O–H groups in total. The molecule has 2 rings (SSSR count). The van der Waals surface area contributed by atoms with Crippen LogP contribution in [0.1, 0.15) is 26.0 Å². The van der Waals surface area contributed by atoms with E-state index >= 15 is 0 Å². The highest BCUT2D eigenvalue weighted by Gasteiger charge is 2.22. The number of aromatic nitrogens is 2. The summed E-state index contributed by atoms with van der Waals surface area (Å²) in [6.45, 7) is 5.31. The number of alkyl halides is 2. The summed E-state index contributed by atoms with van der Waals surface area (Å²) in [5.41, 5.74) is 1.75. The summed E-state index contributed by atoms with van der Waals surface area (Å²) < 4.78 is 28.1. The number of rotatable bonds is 7. The van der Waals surface area contributed by atoms with Crippen molar-refractivity contribution in [1.82, 2.24) is 15.1 Å². The molecular weight excluding hydrogens is 260 g/mol. The average molecular weight is 281 g/mol. The second-order valence-electron chi connectivity index (χ2n) is 4.88. The quantitative estimate of drug-likeness (QED) is 0.844. The number of aryl methyl sites for hydroxylation is 1. The van der Waals surface area contributed by atoms with Crippen molar-refractivity contribution in [3.63, 3.8) is 0 Å². The minimum atomic E-state index is -2.38. The first-order chi connectivity index (χ1) is 9.67. The van der Waals surface area contributed by atoms with Gasteiger partial charge in [0.25, 0.3) is 6.43 Å². The molecule has 0 aliphatic carbocycles. The third-order valence-corrected chi connectivity index (χ3v) is 3.41. The Labute approximate surface area is 118 Å². The number of para-hydroxylation sites is 1. The number of fused-ring (bicyclic) bond motifs is 1. The molecule has 0 fully saturated rings. The summed E-state index contributed by atoms with van der Waals surface area (Å²) >= 11 is 0. The van der Waals surface area contributed by atoms with Crippen molar-refractivity contribution in [3.05, 3.63) is 30.0 Å². The minimum absolute atomic E-state index is 0.255. The van der Waals surface area contributed by atoms with Gasteiger partial charge in [-0.15, -0.1) is 0 Å². The zero-order valence-corrected chi connectivity index (χ0v) is 11.9. The first-order valence-corrected chi connectivity index (χ1v) is 7.13. The van der Waals surface area contributed by atoms with E-state index in [1.807, 2.05) is 42.8 Å². The van der Waals surface area contributed by atoms with Gasteiger partial charge < -0.3 is 5.32 Å². The molecule has 0 saturated heterocycles. The Kier molecular flexibility index (Phi) is 5.06. The van der Waals surface area contributed by atoms with Crippen LogP contribution in [-0.4, -0.2) is 28.8 Å². The molecule has 20 heavy (non-hydrogen) atoms. The van der Waals surface area contributed by atoms with Crippen LogP contribution in [0, 0.1) is 0 Å². The lowest BCUT2D eigenvalue weighted by molar-refractivity contribution is 0.0979. The predicted octanol–water partition coefficient (Wildman–Crippen LogP) is 3.23. The molecule has 0 aliphatic heterocycles. The summed E-state index contributed by atoms with van der Waals surface area (Å²) in [5.74, 6) is 0. The fourth-order valence-corrected chi connectivity index (χ4v) is 2.38. The minimum Gasteiger partial charge on any atom is -0.309 e. The van der Waals surface area contributed by atoms with E-state index in [-0.39, 0.29) is 6.42 Å². The van der Waals surface area contributed by atoms with E-state index in [1.54, 1.807) is 0 Å². The average Bonchev–Trinajstić information content (AvgIpc) is 2.81. The van der Waals surface area contributed by atoms with E-state index in [0.29, 0.717) is 6.54 Å². The Bertz CT molecular complexity index is 551. The van der Waals surface area contributed by atoms with Gasteiger partial charge in [0.15, 0.2) is 0 Å². The van der Waals surface area contributed by atoms with Crippen molar-refractivity contribution < 1.29 is 8.78 Å². The van der Waals surface area contributed by atoms with Crippen LogP contribution in [0.5, 0.6) is 0 Å². The van der Waals surface area contributed by atoms with Gasteiger partial charge in [0.1, 0.15) is 0 Å². The van der Waals surface area contributed by atoms with E-state index in [1.165, 1.54) is 0 Å². The van der Waals surface area contributed by atoms with Gasteiger partial charge in [-0.05, 0) is 26.0 Å². The first-order valence-electron chi connectivity index (χ1n) is 7.13. The van der Waals surface area contributed by atoms with Crippen molar-refractivity contribution in [3.8, 4) is 0 Å². The van der Waals surface area contributed by atoms with Gasteiger partial charge >= 0.3 is 0 Å². The summed E-state index contributed by atoms with van der Waals surface area (Å²) in [6.07, 6.45) is -1.29. The molecule has 110 valence electrons. The second kappa shape index (κ2) is 6.79. The van der Waals surface area contributed by atoms with Crippen molar-refractivity contribution in [1.29, 1.82) is 0 Å². The van der Waals surface area contributed by atoms with E-state index < -0.39 is 12.5 Å². The summed E-state index contributed by atoms with van der Waals surface area (Å²) in [5, 5.41) is 8.36. The molecule has 0 spiro atoms. The molecule has 1 atom stereocenters. The molecule has 0 radical (unpaired) electrons. The van der Waals surface area contributed by atoms with Crippen LogP contribution in [0.3, 0.4) is 0 Å². The normalized spacial score (nSPS) is 13.2. The van der Waals surface area contributed by atoms with Gasteiger partial charge in [-0.1, -0.05) is 25.1 Å². The SMILES string of the molecule is CCCNC(Cc1nn(CC)c2ccccc12)C(F)F. The van der Waals surface area contributed by atoms with Crippen LogP contribution in [0.25, 0.3) is 10.9 Å². The zero-order chi connectivity index (χ0) is 14.5. The summed E-state index contributed by atoms with van der Waals surface area (Å²) in [7, 11) is 0. The Balaban J connectivity index is 2.27. The van der Waals surface area contributed by atoms with Gasteiger partial charge in [-0.2, -0.15) is 5.10 Å². The predicted molar refractivity (Wildman–Crippen MR) is 77.2 cm³/mol. The van der Waals surface area contributed by atoms with Gasteiger partial charge in [0.05, 0.1) is 17.3 Å². The van der Waals surface area contributed by atoms with Gasteiger partial charge in [0, 0.05) is 18.4 Å². The van der Waals surface area contributed by atoms with Crippen LogP contribution in [0.15, 0.2) is 24.3 Å². The number of hydrogen-bond acceptors (Lipinski definition) is 2. The lowest BCUT2D eigenvalue weighted by atomic mass is 10.1. The molecule has 0 aliphatic rings. The fraction of sp³-hybridized carbons (Fsp3) is 0.533. The zero-order valence-electron chi connectivity index (χ0n) is 11.9. The smallest absolute Gasteiger partial charge is 0.254 e. The van der Waals surface area contributed by atoms with Crippen molar-refractivity contribution >= 4 is 10.9 Å². The Morgan fingerprint density at radius 2 is 2.00 bits per heavy atom. The van der Waals surface area contributed by atoms with Crippen LogP contribution < -0.4 is 5.32 Å². The molecular formula is C15H21F2N3. The highest BCUT2D eigenvalue weighted by atomic mass is 19.3. The van der Waals surface area contributed by atoms with E-state index in [4.69, 9.17) is 0 Å². The van der Waals surface area contributed by atoms with E-state index in [0.717, 1.165) is 29.6 Å². The Hall–Kier alpha value is -1.49. The molecule has 0 saturated carbocycles. The third kappa shape index (κ3) is 3.15. The fourth-order valence-electron chi connectivity index (χ4n) is 2.38. The van der Waals surface area contributed by atoms with Gasteiger partial charge in [-0.25, -0.2) is 8.78 Å².